The van der Waals surface area contributed by atoms with Gasteiger partial charge in [-0.3, -0.25) is 0 Å². The van der Waals surface area contributed by atoms with E-state index in [-0.39, 0.29) is 41.9 Å². The summed E-state index contributed by atoms with van der Waals surface area (Å²) in [7, 11) is 0. The molecular weight excluding hydrogens is 483 g/mol. The molecule has 1 aliphatic rings. The second kappa shape index (κ2) is 11.1. The SMILES string of the molecule is CC[C@@H]1CC(N(Cc2cc(Cl)cc(C(F)(F)F)c2)c2nc(C)co2)C[C@H](CC)N1C(=O)OC(C)C. The second-order valence-electron chi connectivity index (χ2n) is 9.33. The Morgan fingerprint density at radius 2 is 1.86 bits per heavy atom. The van der Waals surface area contributed by atoms with E-state index in [1.165, 1.54) is 12.3 Å². The molecule has 3 atom stereocenters. The van der Waals surface area contributed by atoms with Gasteiger partial charge in [-0.25, -0.2) is 4.79 Å². The molecule has 0 radical (unpaired) electrons. The Bertz CT molecular complexity index is 997. The first kappa shape index (κ1) is 27.2. The summed E-state index contributed by atoms with van der Waals surface area (Å²) in [6.45, 7) is 9.60. The van der Waals surface area contributed by atoms with E-state index >= 15 is 0 Å². The molecule has 1 aromatic heterocycles. The number of hydrogen-bond acceptors (Lipinski definition) is 5. The predicted molar refractivity (Wildman–Crippen MR) is 129 cm³/mol. The average molecular weight is 516 g/mol. The summed E-state index contributed by atoms with van der Waals surface area (Å²) in [6.07, 6.45) is -0.907. The first-order valence-electron chi connectivity index (χ1n) is 12.0. The second-order valence-corrected chi connectivity index (χ2v) is 9.77. The fourth-order valence-electron chi connectivity index (χ4n) is 4.72. The van der Waals surface area contributed by atoms with E-state index in [2.05, 4.69) is 4.98 Å². The lowest BCUT2D eigenvalue weighted by Gasteiger charge is -2.47. The van der Waals surface area contributed by atoms with E-state index in [0.717, 1.165) is 12.1 Å². The van der Waals surface area contributed by atoms with Gasteiger partial charge in [-0.05, 0) is 70.2 Å². The third-order valence-electron chi connectivity index (χ3n) is 6.30. The van der Waals surface area contributed by atoms with Crippen LogP contribution in [0.2, 0.25) is 5.02 Å². The number of likely N-dealkylation sites (tertiary alicyclic amines) is 1. The molecule has 0 bridgehead atoms. The highest BCUT2D eigenvalue weighted by atomic mass is 35.5. The van der Waals surface area contributed by atoms with E-state index in [0.29, 0.717) is 43.0 Å². The molecule has 1 aliphatic heterocycles. The minimum Gasteiger partial charge on any atom is -0.447 e. The number of aryl methyl sites for hydroxylation is 1. The molecule has 1 aromatic carbocycles. The molecule has 2 heterocycles. The van der Waals surface area contributed by atoms with E-state index in [1.54, 1.807) is 6.92 Å². The summed E-state index contributed by atoms with van der Waals surface area (Å²) >= 11 is 6.05. The highest BCUT2D eigenvalue weighted by molar-refractivity contribution is 6.30. The maximum atomic E-state index is 13.4. The van der Waals surface area contributed by atoms with Crippen LogP contribution < -0.4 is 4.90 Å². The molecular formula is C25H33ClF3N3O3. The fraction of sp³-hybridized carbons (Fsp3) is 0.600. The van der Waals surface area contributed by atoms with Crippen LogP contribution in [0.25, 0.3) is 0 Å². The number of alkyl halides is 3. The van der Waals surface area contributed by atoms with Gasteiger partial charge >= 0.3 is 12.3 Å². The van der Waals surface area contributed by atoms with Crippen LogP contribution in [0.1, 0.15) is 70.2 Å². The third-order valence-corrected chi connectivity index (χ3v) is 6.51. The minimum atomic E-state index is -4.51. The Balaban J connectivity index is 1.95. The maximum absolute atomic E-state index is 13.4. The Kier molecular flexibility index (Phi) is 8.62. The maximum Gasteiger partial charge on any atom is 0.416 e. The average Bonchev–Trinajstić information content (AvgIpc) is 3.20. The van der Waals surface area contributed by atoms with Crippen LogP contribution in [0.4, 0.5) is 24.0 Å². The van der Waals surface area contributed by atoms with E-state index in [9.17, 15) is 18.0 Å². The fourth-order valence-corrected chi connectivity index (χ4v) is 4.98. The van der Waals surface area contributed by atoms with Crippen molar-refractivity contribution >= 4 is 23.7 Å². The number of carbonyl (C=O) groups excluding carboxylic acids is 1. The number of amides is 1. The van der Waals surface area contributed by atoms with Crippen molar-refractivity contribution < 1.29 is 27.1 Å². The number of oxazole rings is 1. The van der Waals surface area contributed by atoms with Gasteiger partial charge in [0.25, 0.3) is 6.01 Å². The largest absolute Gasteiger partial charge is 0.447 e. The van der Waals surface area contributed by atoms with Crippen molar-refractivity contribution in [3.05, 3.63) is 46.3 Å². The lowest BCUT2D eigenvalue weighted by atomic mass is 9.88. The highest BCUT2D eigenvalue weighted by Crippen LogP contribution is 2.36. The zero-order chi connectivity index (χ0) is 25.9. The van der Waals surface area contributed by atoms with Crippen molar-refractivity contribution in [1.82, 2.24) is 9.88 Å². The number of aromatic nitrogens is 1. The molecule has 1 amide bonds. The summed E-state index contributed by atoms with van der Waals surface area (Å²) in [5.41, 5.74) is 0.278. The number of nitrogens with zero attached hydrogens (tertiary/aromatic N) is 3. The van der Waals surface area contributed by atoms with E-state index in [1.807, 2.05) is 37.5 Å². The molecule has 1 saturated heterocycles. The van der Waals surface area contributed by atoms with Gasteiger partial charge in [-0.2, -0.15) is 18.2 Å². The molecule has 0 aliphatic carbocycles. The van der Waals surface area contributed by atoms with Crippen molar-refractivity contribution in [3.63, 3.8) is 0 Å². The molecule has 1 fully saturated rings. The lowest BCUT2D eigenvalue weighted by molar-refractivity contribution is -0.137. The van der Waals surface area contributed by atoms with Crippen molar-refractivity contribution in [1.29, 1.82) is 0 Å². The van der Waals surface area contributed by atoms with E-state index < -0.39 is 11.7 Å². The monoisotopic (exact) mass is 515 g/mol. The highest BCUT2D eigenvalue weighted by Gasteiger charge is 2.41. The van der Waals surface area contributed by atoms with Crippen LogP contribution >= 0.6 is 11.6 Å². The molecule has 194 valence electrons. The Morgan fingerprint density at radius 1 is 1.23 bits per heavy atom. The third kappa shape index (κ3) is 6.63. The lowest BCUT2D eigenvalue weighted by Crippen LogP contribution is -2.57. The first-order chi connectivity index (χ1) is 16.4. The van der Waals surface area contributed by atoms with Gasteiger partial charge in [0.05, 0.1) is 17.4 Å². The topological polar surface area (TPSA) is 58.8 Å². The molecule has 0 spiro atoms. The molecule has 35 heavy (non-hydrogen) atoms. The van der Waals surface area contributed by atoms with Crippen LogP contribution in [-0.4, -0.2) is 40.2 Å². The first-order valence-corrected chi connectivity index (χ1v) is 12.3. The Labute approximate surface area is 209 Å². The van der Waals surface area contributed by atoms with Gasteiger partial charge in [-0.1, -0.05) is 25.4 Å². The van der Waals surface area contributed by atoms with E-state index in [4.69, 9.17) is 20.8 Å². The van der Waals surface area contributed by atoms with Gasteiger partial charge in [0.2, 0.25) is 0 Å². The van der Waals surface area contributed by atoms with Crippen LogP contribution in [0.15, 0.2) is 28.9 Å². The number of carbonyl (C=O) groups is 1. The summed E-state index contributed by atoms with van der Waals surface area (Å²) in [5, 5.41) is 0.0162. The number of piperidine rings is 1. The van der Waals surface area contributed by atoms with Gasteiger partial charge in [0.15, 0.2) is 0 Å². The van der Waals surface area contributed by atoms with Crippen LogP contribution in [0.5, 0.6) is 0 Å². The van der Waals surface area contributed by atoms with Crippen molar-refractivity contribution in [2.75, 3.05) is 4.90 Å². The van der Waals surface area contributed by atoms with Gasteiger partial charge in [0, 0.05) is 29.7 Å². The number of anilines is 1. The number of benzene rings is 1. The molecule has 10 heteroatoms. The zero-order valence-corrected chi connectivity index (χ0v) is 21.5. The molecule has 2 aromatic rings. The number of ether oxygens (including phenoxy) is 1. The molecule has 1 unspecified atom stereocenters. The summed E-state index contributed by atoms with van der Waals surface area (Å²) in [4.78, 5) is 21.1. The molecule has 0 N–H and O–H groups in total. The summed E-state index contributed by atoms with van der Waals surface area (Å²) in [6, 6.07) is 3.61. The normalized spacial score (nSPS) is 20.9. The Hall–Kier alpha value is -2.42. The minimum absolute atomic E-state index is 0.0162. The zero-order valence-electron chi connectivity index (χ0n) is 20.7. The van der Waals surface area contributed by atoms with Gasteiger partial charge in [-0.15, -0.1) is 0 Å². The number of halogens is 4. The molecule has 0 saturated carbocycles. The summed E-state index contributed by atoms with van der Waals surface area (Å²) in [5.74, 6) is 0. The number of rotatable bonds is 7. The van der Waals surface area contributed by atoms with Crippen molar-refractivity contribution in [2.45, 2.75) is 97.3 Å². The standard InChI is InChI=1S/C25H33ClF3N3O3/c1-6-20-11-22(12-21(7-2)32(20)24(33)35-15(3)4)31(23-30-16(5)14-34-23)13-17-8-18(25(27,28)29)10-19(26)9-17/h8-10,14-15,20-22H,6-7,11-13H2,1-5H3/t20-,21+,22?. The molecule has 3 rings (SSSR count). The summed E-state index contributed by atoms with van der Waals surface area (Å²) < 4.78 is 51.5. The van der Waals surface area contributed by atoms with Crippen LogP contribution in [0.3, 0.4) is 0 Å². The number of hydrogen-bond donors (Lipinski definition) is 0. The van der Waals surface area contributed by atoms with Crippen LogP contribution in [0, 0.1) is 6.92 Å². The van der Waals surface area contributed by atoms with Gasteiger partial charge in [0.1, 0.15) is 6.26 Å². The smallest absolute Gasteiger partial charge is 0.416 e. The van der Waals surface area contributed by atoms with Crippen molar-refractivity contribution in [2.24, 2.45) is 0 Å². The van der Waals surface area contributed by atoms with Crippen molar-refractivity contribution in [3.8, 4) is 0 Å². The van der Waals surface area contributed by atoms with Crippen LogP contribution in [-0.2, 0) is 17.5 Å². The quantitative estimate of drug-likeness (QED) is 0.389. The predicted octanol–water partition coefficient (Wildman–Crippen LogP) is 7.23. The van der Waals surface area contributed by atoms with Gasteiger partial charge < -0.3 is 19.0 Å². The molecule has 6 nitrogen and oxygen atoms in total. The Morgan fingerprint density at radius 3 is 2.34 bits per heavy atom.